The first kappa shape index (κ1) is 13.0. The topological polar surface area (TPSA) is 66.9 Å². The van der Waals surface area contributed by atoms with Gasteiger partial charge < -0.3 is 5.32 Å². The molecule has 1 aromatic heterocycles. The van der Waals surface area contributed by atoms with Gasteiger partial charge in [-0.15, -0.1) is 0 Å². The molecule has 6 heteroatoms. The quantitative estimate of drug-likeness (QED) is 0.827. The highest BCUT2D eigenvalue weighted by Gasteiger charge is 2.24. The Labute approximate surface area is 121 Å². The maximum atomic E-state index is 12.2. The lowest BCUT2D eigenvalue weighted by Gasteiger charge is -2.24. The first-order valence-electron chi connectivity index (χ1n) is 6.32. The van der Waals surface area contributed by atoms with E-state index in [0.29, 0.717) is 18.1 Å². The third-order valence-corrected chi connectivity index (χ3v) is 3.46. The fourth-order valence-corrected chi connectivity index (χ4v) is 2.37. The van der Waals surface area contributed by atoms with Crippen LogP contribution in [0, 0.1) is 0 Å². The van der Waals surface area contributed by atoms with Crippen LogP contribution in [0.2, 0.25) is 5.15 Å². The number of hydrogen-bond donors (Lipinski definition) is 2. The molecule has 5 nitrogen and oxygen atoms in total. The summed E-state index contributed by atoms with van der Waals surface area (Å²) in [6.07, 6.45) is 2.16. The van der Waals surface area contributed by atoms with E-state index < -0.39 is 0 Å². The molecule has 0 saturated carbocycles. The van der Waals surface area contributed by atoms with Crippen LogP contribution >= 0.6 is 11.6 Å². The molecule has 1 unspecified atom stereocenters. The molecule has 2 heterocycles. The van der Waals surface area contributed by atoms with Gasteiger partial charge in [-0.1, -0.05) is 35.9 Å². The predicted molar refractivity (Wildman–Crippen MR) is 76.4 cm³/mol. The summed E-state index contributed by atoms with van der Waals surface area (Å²) >= 11 is 5.76. The number of nitrogens with one attached hydrogen (secondary N) is 2. The average molecular weight is 289 g/mol. The van der Waals surface area contributed by atoms with E-state index in [9.17, 15) is 4.79 Å². The third kappa shape index (κ3) is 2.79. The van der Waals surface area contributed by atoms with Gasteiger partial charge in [0.2, 0.25) is 11.9 Å². The Kier molecular flexibility index (Phi) is 3.62. The fraction of sp³-hybridized carbons (Fsp3) is 0.214. The minimum Gasteiger partial charge on any atom is -0.301 e. The summed E-state index contributed by atoms with van der Waals surface area (Å²) < 4.78 is 0. The van der Waals surface area contributed by atoms with Crippen LogP contribution in [-0.2, 0) is 17.8 Å². The van der Waals surface area contributed by atoms with Crippen molar-refractivity contribution in [2.75, 3.05) is 5.32 Å². The summed E-state index contributed by atoms with van der Waals surface area (Å²) in [4.78, 5) is 20.1. The summed E-state index contributed by atoms with van der Waals surface area (Å²) in [5.74, 6) is 0.0740. The summed E-state index contributed by atoms with van der Waals surface area (Å²) in [6.45, 7) is 0.685. The van der Waals surface area contributed by atoms with Crippen molar-refractivity contribution in [3.63, 3.8) is 0 Å². The Morgan fingerprint density at radius 3 is 2.90 bits per heavy atom. The lowest BCUT2D eigenvalue weighted by Crippen LogP contribution is -2.44. The largest absolute Gasteiger partial charge is 0.301 e. The number of amides is 1. The maximum Gasteiger partial charge on any atom is 0.244 e. The molecule has 0 radical (unpaired) electrons. The Bertz CT molecular complexity index is 647. The predicted octanol–water partition coefficient (Wildman–Crippen LogP) is 1.78. The number of carbonyl (C=O) groups excluding carboxylic acids is 1. The minimum atomic E-state index is -0.285. The molecule has 1 aliphatic heterocycles. The van der Waals surface area contributed by atoms with Gasteiger partial charge in [-0.05, 0) is 23.6 Å². The Morgan fingerprint density at radius 1 is 1.30 bits per heavy atom. The van der Waals surface area contributed by atoms with Gasteiger partial charge in [0.15, 0.2) is 0 Å². The Balaban J connectivity index is 1.70. The highest BCUT2D eigenvalue weighted by Crippen LogP contribution is 2.17. The van der Waals surface area contributed by atoms with Crippen molar-refractivity contribution in [2.24, 2.45) is 0 Å². The van der Waals surface area contributed by atoms with Crippen LogP contribution in [0.5, 0.6) is 0 Å². The van der Waals surface area contributed by atoms with Gasteiger partial charge in [0.05, 0.1) is 6.04 Å². The van der Waals surface area contributed by atoms with E-state index >= 15 is 0 Å². The van der Waals surface area contributed by atoms with Gasteiger partial charge in [0.25, 0.3) is 0 Å². The number of halogens is 1. The van der Waals surface area contributed by atoms with E-state index in [1.54, 1.807) is 6.07 Å². The van der Waals surface area contributed by atoms with Crippen LogP contribution in [0.25, 0.3) is 0 Å². The SMILES string of the molecule is O=C(Nc1nccc(Cl)n1)C1Cc2ccccc2CN1. The smallest absolute Gasteiger partial charge is 0.244 e. The van der Waals surface area contributed by atoms with Crippen LogP contribution in [0.15, 0.2) is 36.5 Å². The highest BCUT2D eigenvalue weighted by molar-refractivity contribution is 6.29. The number of nitrogens with zero attached hydrogens (tertiary/aromatic N) is 2. The Morgan fingerprint density at radius 2 is 2.10 bits per heavy atom. The van der Waals surface area contributed by atoms with Crippen LogP contribution < -0.4 is 10.6 Å². The maximum absolute atomic E-state index is 12.2. The van der Waals surface area contributed by atoms with Crippen molar-refractivity contribution in [1.82, 2.24) is 15.3 Å². The third-order valence-electron chi connectivity index (χ3n) is 3.25. The normalized spacial score (nSPS) is 17.4. The zero-order valence-electron chi connectivity index (χ0n) is 10.6. The van der Waals surface area contributed by atoms with E-state index in [1.165, 1.54) is 17.3 Å². The standard InChI is InChI=1S/C14H13ClN4O/c15-12-5-6-16-14(18-12)19-13(20)11-7-9-3-1-2-4-10(9)8-17-11/h1-6,11,17H,7-8H2,(H,16,18,19,20). The van der Waals surface area contributed by atoms with Crippen LogP contribution in [0.3, 0.4) is 0 Å². The molecule has 0 bridgehead atoms. The van der Waals surface area contributed by atoms with E-state index in [1.807, 2.05) is 18.2 Å². The second-order valence-electron chi connectivity index (χ2n) is 4.60. The van der Waals surface area contributed by atoms with Gasteiger partial charge in [-0.3, -0.25) is 10.1 Å². The number of anilines is 1. The molecular weight excluding hydrogens is 276 g/mol. The molecule has 0 saturated heterocycles. The minimum absolute atomic E-state index is 0.151. The average Bonchev–Trinajstić information content (AvgIpc) is 2.47. The zero-order chi connectivity index (χ0) is 13.9. The van der Waals surface area contributed by atoms with Crippen molar-refractivity contribution < 1.29 is 4.79 Å². The monoisotopic (exact) mass is 288 g/mol. The summed E-state index contributed by atoms with van der Waals surface area (Å²) in [6, 6.07) is 9.38. The highest BCUT2D eigenvalue weighted by atomic mass is 35.5. The van der Waals surface area contributed by atoms with Gasteiger partial charge >= 0.3 is 0 Å². The van der Waals surface area contributed by atoms with Crippen LogP contribution in [0.1, 0.15) is 11.1 Å². The first-order chi connectivity index (χ1) is 9.72. The second-order valence-corrected chi connectivity index (χ2v) is 4.99. The number of carbonyl (C=O) groups is 1. The number of hydrogen-bond acceptors (Lipinski definition) is 4. The summed E-state index contributed by atoms with van der Waals surface area (Å²) in [7, 11) is 0. The molecule has 0 aliphatic carbocycles. The van der Waals surface area contributed by atoms with Crippen LogP contribution in [0.4, 0.5) is 5.95 Å². The van der Waals surface area contributed by atoms with Crippen LogP contribution in [-0.4, -0.2) is 21.9 Å². The van der Waals surface area contributed by atoms with Crippen molar-refractivity contribution in [1.29, 1.82) is 0 Å². The van der Waals surface area contributed by atoms with Gasteiger partial charge in [0, 0.05) is 12.7 Å². The molecule has 2 aromatic rings. The first-order valence-corrected chi connectivity index (χ1v) is 6.70. The fourth-order valence-electron chi connectivity index (χ4n) is 2.23. The van der Waals surface area contributed by atoms with Crippen molar-refractivity contribution in [3.05, 3.63) is 52.8 Å². The van der Waals surface area contributed by atoms with E-state index in [-0.39, 0.29) is 17.9 Å². The molecule has 0 fully saturated rings. The molecule has 0 spiro atoms. The number of aromatic nitrogens is 2. The number of rotatable bonds is 2. The van der Waals surface area contributed by atoms with Gasteiger partial charge in [0.1, 0.15) is 5.15 Å². The van der Waals surface area contributed by atoms with Crippen molar-refractivity contribution in [3.8, 4) is 0 Å². The molecule has 1 aromatic carbocycles. The second kappa shape index (κ2) is 5.56. The zero-order valence-corrected chi connectivity index (χ0v) is 11.4. The van der Waals surface area contributed by atoms with E-state index in [0.717, 1.165) is 0 Å². The van der Waals surface area contributed by atoms with Gasteiger partial charge in [-0.25, -0.2) is 9.97 Å². The number of fused-ring (bicyclic) bond motifs is 1. The summed E-state index contributed by atoms with van der Waals surface area (Å²) in [5.41, 5.74) is 2.42. The van der Waals surface area contributed by atoms with E-state index in [4.69, 9.17) is 11.6 Å². The van der Waals surface area contributed by atoms with Gasteiger partial charge in [-0.2, -0.15) is 0 Å². The molecule has 1 amide bonds. The molecule has 20 heavy (non-hydrogen) atoms. The summed E-state index contributed by atoms with van der Waals surface area (Å²) in [5, 5.41) is 6.19. The molecular formula is C14H13ClN4O. The molecule has 1 atom stereocenters. The molecule has 102 valence electrons. The lowest BCUT2D eigenvalue weighted by atomic mass is 9.95. The Hall–Kier alpha value is -1.98. The molecule has 2 N–H and O–H groups in total. The molecule has 3 rings (SSSR count). The number of benzene rings is 1. The lowest BCUT2D eigenvalue weighted by molar-refractivity contribution is -0.118. The van der Waals surface area contributed by atoms with E-state index in [2.05, 4.69) is 26.7 Å². The van der Waals surface area contributed by atoms with Crippen molar-refractivity contribution in [2.45, 2.75) is 19.0 Å². The molecule has 1 aliphatic rings. The van der Waals surface area contributed by atoms with Crippen molar-refractivity contribution >= 4 is 23.5 Å².